The molecule has 0 bridgehead atoms. The van der Waals surface area contributed by atoms with E-state index >= 15 is 0 Å². The summed E-state index contributed by atoms with van der Waals surface area (Å²) in [4.78, 5) is 3.98. The van der Waals surface area contributed by atoms with Crippen molar-refractivity contribution in [2.24, 2.45) is 0 Å². The van der Waals surface area contributed by atoms with Crippen molar-refractivity contribution in [2.75, 3.05) is 5.73 Å². The summed E-state index contributed by atoms with van der Waals surface area (Å²) >= 11 is 0. The minimum atomic E-state index is -0.459. The van der Waals surface area contributed by atoms with Crippen molar-refractivity contribution in [3.05, 3.63) is 30.1 Å². The Hall–Kier alpha value is -2.77. The Labute approximate surface area is 99.4 Å². The highest BCUT2D eigenvalue weighted by molar-refractivity contribution is 5.64. The number of benzene rings is 1. The van der Waals surface area contributed by atoms with Crippen LogP contribution in [0.15, 0.2) is 33.4 Å². The van der Waals surface area contributed by atoms with Crippen LogP contribution in [0.5, 0.6) is 0 Å². The summed E-state index contributed by atoms with van der Waals surface area (Å²) in [5.41, 5.74) is 5.84. The second-order valence-electron chi connectivity index (χ2n) is 3.40. The Morgan fingerprint density at radius 2 is 1.94 bits per heavy atom. The summed E-state index contributed by atoms with van der Waals surface area (Å²) in [7, 11) is 0. The number of nitrogen functional groups attached to an aromatic ring is 1. The van der Waals surface area contributed by atoms with Crippen LogP contribution in [0.25, 0.3) is 23.0 Å². The van der Waals surface area contributed by atoms with Gasteiger partial charge in [0.1, 0.15) is 5.82 Å². The average molecular weight is 247 g/mol. The topological polar surface area (TPSA) is 104 Å². The molecule has 0 saturated carbocycles. The van der Waals surface area contributed by atoms with Crippen LogP contribution in [-0.4, -0.2) is 20.5 Å². The average Bonchev–Trinajstić information content (AvgIpc) is 2.98. The van der Waals surface area contributed by atoms with Gasteiger partial charge in [-0.15, -0.1) is 0 Å². The lowest BCUT2D eigenvalue weighted by atomic mass is 10.2. The zero-order valence-corrected chi connectivity index (χ0v) is 8.87. The normalized spacial score (nSPS) is 10.7. The predicted octanol–water partition coefficient (Wildman–Crippen LogP) is 1.51. The monoisotopic (exact) mass is 247 g/mol. The van der Waals surface area contributed by atoms with Gasteiger partial charge < -0.3 is 10.3 Å². The predicted molar refractivity (Wildman–Crippen MR) is 57.4 cm³/mol. The van der Waals surface area contributed by atoms with Gasteiger partial charge in [0.2, 0.25) is 5.82 Å². The molecule has 3 rings (SSSR count). The summed E-state index contributed by atoms with van der Waals surface area (Å²) in [6, 6.07) is 6.05. The fourth-order valence-electron chi connectivity index (χ4n) is 1.41. The van der Waals surface area contributed by atoms with Crippen molar-refractivity contribution in [3.63, 3.8) is 0 Å². The highest BCUT2D eigenvalue weighted by Crippen LogP contribution is 2.24. The standard InChI is InChI=1S/C10H6FN5O2/c11-6-4-2-1-3-5(6)10-13-9(16-17-10)7-8(12)15-18-14-7/h1-4H,(H2,12,15). The lowest BCUT2D eigenvalue weighted by molar-refractivity contribution is 0.310. The Morgan fingerprint density at radius 3 is 2.67 bits per heavy atom. The summed E-state index contributed by atoms with van der Waals surface area (Å²) < 4.78 is 22.9. The number of nitrogens with zero attached hydrogens (tertiary/aromatic N) is 4. The minimum absolute atomic E-state index is 0.0329. The van der Waals surface area contributed by atoms with Gasteiger partial charge in [0.05, 0.1) is 5.56 Å². The van der Waals surface area contributed by atoms with E-state index in [1.165, 1.54) is 12.1 Å². The molecule has 7 nitrogen and oxygen atoms in total. The molecule has 0 atom stereocenters. The molecule has 0 amide bonds. The summed E-state index contributed by atoms with van der Waals surface area (Å²) in [5, 5.41) is 10.6. The van der Waals surface area contributed by atoms with Crippen molar-refractivity contribution < 1.29 is 13.5 Å². The lowest BCUT2D eigenvalue weighted by Gasteiger charge is -1.94. The van der Waals surface area contributed by atoms with Gasteiger partial charge in [-0.2, -0.15) is 4.98 Å². The Morgan fingerprint density at radius 1 is 1.11 bits per heavy atom. The van der Waals surface area contributed by atoms with Gasteiger partial charge in [0.15, 0.2) is 11.5 Å². The molecule has 2 N–H and O–H groups in total. The zero-order valence-electron chi connectivity index (χ0n) is 8.87. The quantitative estimate of drug-likeness (QED) is 0.731. The molecule has 0 radical (unpaired) electrons. The molecule has 0 saturated heterocycles. The van der Waals surface area contributed by atoms with Crippen molar-refractivity contribution >= 4 is 5.82 Å². The van der Waals surface area contributed by atoms with Crippen LogP contribution >= 0.6 is 0 Å². The van der Waals surface area contributed by atoms with E-state index in [-0.39, 0.29) is 28.8 Å². The van der Waals surface area contributed by atoms with E-state index in [4.69, 9.17) is 10.3 Å². The van der Waals surface area contributed by atoms with Crippen molar-refractivity contribution in [3.8, 4) is 23.0 Å². The molecule has 0 aliphatic heterocycles. The van der Waals surface area contributed by atoms with Gasteiger partial charge in [-0.05, 0) is 22.4 Å². The first-order chi connectivity index (χ1) is 8.75. The SMILES string of the molecule is Nc1nonc1-c1noc(-c2ccccc2F)n1. The third-order valence-corrected chi connectivity index (χ3v) is 2.26. The number of rotatable bonds is 2. The second kappa shape index (κ2) is 3.91. The van der Waals surface area contributed by atoms with Crippen LogP contribution in [0.4, 0.5) is 10.2 Å². The lowest BCUT2D eigenvalue weighted by Crippen LogP contribution is -1.90. The molecule has 18 heavy (non-hydrogen) atoms. The van der Waals surface area contributed by atoms with Gasteiger partial charge in [-0.1, -0.05) is 17.3 Å². The molecule has 0 aliphatic carbocycles. The van der Waals surface area contributed by atoms with E-state index in [1.807, 2.05) is 0 Å². The van der Waals surface area contributed by atoms with E-state index in [1.54, 1.807) is 12.1 Å². The van der Waals surface area contributed by atoms with E-state index in [9.17, 15) is 4.39 Å². The summed E-state index contributed by atoms with van der Waals surface area (Å²) in [6.07, 6.45) is 0. The van der Waals surface area contributed by atoms with Crippen LogP contribution in [-0.2, 0) is 0 Å². The molecule has 0 fully saturated rings. The largest absolute Gasteiger partial charge is 0.379 e. The maximum atomic E-state index is 13.5. The van der Waals surface area contributed by atoms with Gasteiger partial charge in [0, 0.05) is 0 Å². The molecular weight excluding hydrogens is 241 g/mol. The van der Waals surface area contributed by atoms with Gasteiger partial charge in [0.25, 0.3) is 5.89 Å². The Bertz CT molecular complexity index is 693. The van der Waals surface area contributed by atoms with Crippen LogP contribution in [0.2, 0.25) is 0 Å². The van der Waals surface area contributed by atoms with Crippen LogP contribution < -0.4 is 5.73 Å². The van der Waals surface area contributed by atoms with Crippen LogP contribution in [0, 0.1) is 5.82 Å². The Kier molecular flexibility index (Phi) is 2.26. The van der Waals surface area contributed by atoms with Gasteiger partial charge in [-0.25, -0.2) is 9.02 Å². The van der Waals surface area contributed by atoms with Crippen molar-refractivity contribution in [1.29, 1.82) is 0 Å². The third-order valence-electron chi connectivity index (χ3n) is 2.26. The molecular formula is C10H6FN5O2. The van der Waals surface area contributed by atoms with Crippen molar-refractivity contribution in [1.82, 2.24) is 20.5 Å². The minimum Gasteiger partial charge on any atom is -0.379 e. The van der Waals surface area contributed by atoms with Crippen molar-refractivity contribution in [2.45, 2.75) is 0 Å². The maximum Gasteiger partial charge on any atom is 0.261 e. The van der Waals surface area contributed by atoms with Crippen LogP contribution in [0.3, 0.4) is 0 Å². The van der Waals surface area contributed by atoms with E-state index in [2.05, 4.69) is 25.1 Å². The van der Waals surface area contributed by atoms with Crippen LogP contribution in [0.1, 0.15) is 0 Å². The second-order valence-corrected chi connectivity index (χ2v) is 3.40. The number of nitrogens with two attached hydrogens (primary N) is 1. The zero-order chi connectivity index (χ0) is 12.5. The molecule has 0 spiro atoms. The summed E-state index contributed by atoms with van der Waals surface area (Å²) in [6.45, 7) is 0. The first kappa shape index (κ1) is 10.4. The van der Waals surface area contributed by atoms with Gasteiger partial charge in [-0.3, -0.25) is 0 Å². The molecule has 2 heterocycles. The molecule has 1 aromatic carbocycles. The van der Waals surface area contributed by atoms with E-state index in [0.717, 1.165) is 0 Å². The number of halogens is 1. The molecule has 0 unspecified atom stereocenters. The fraction of sp³-hybridized carbons (Fsp3) is 0. The molecule has 3 aromatic rings. The fourth-order valence-corrected chi connectivity index (χ4v) is 1.41. The first-order valence-electron chi connectivity index (χ1n) is 4.92. The maximum absolute atomic E-state index is 13.5. The smallest absolute Gasteiger partial charge is 0.261 e. The molecule has 8 heteroatoms. The van der Waals surface area contributed by atoms with Gasteiger partial charge >= 0.3 is 0 Å². The van der Waals surface area contributed by atoms with E-state index in [0.29, 0.717) is 0 Å². The third kappa shape index (κ3) is 1.59. The highest BCUT2D eigenvalue weighted by Gasteiger charge is 2.18. The molecule has 0 aliphatic rings. The van der Waals surface area contributed by atoms with E-state index < -0.39 is 5.82 Å². The number of hydrogen-bond donors (Lipinski definition) is 1. The summed E-state index contributed by atoms with van der Waals surface area (Å²) in [5.74, 6) is -0.299. The first-order valence-corrected chi connectivity index (χ1v) is 4.92. The Balaban J connectivity index is 2.05. The number of anilines is 1. The highest BCUT2D eigenvalue weighted by atomic mass is 19.1. The molecule has 2 aromatic heterocycles. The number of aromatic nitrogens is 4. The number of hydrogen-bond acceptors (Lipinski definition) is 7. The molecule has 90 valence electrons.